The van der Waals surface area contributed by atoms with E-state index in [2.05, 4.69) is 41.2 Å². The molecule has 0 fully saturated rings. The third kappa shape index (κ3) is 7.88. The highest BCUT2D eigenvalue weighted by atomic mass is 79.9. The Balaban J connectivity index is 2.67. The molecule has 0 heterocycles. The van der Waals surface area contributed by atoms with Gasteiger partial charge >= 0.3 is 5.97 Å². The van der Waals surface area contributed by atoms with Crippen molar-refractivity contribution in [2.45, 2.75) is 57.7 Å². The van der Waals surface area contributed by atoms with Gasteiger partial charge in [0, 0.05) is 22.0 Å². The Morgan fingerprint density at radius 3 is 2.62 bits per heavy atom. The molecule has 1 rings (SSSR count). The summed E-state index contributed by atoms with van der Waals surface area (Å²) in [7, 11) is 0. The van der Waals surface area contributed by atoms with Gasteiger partial charge in [-0.25, -0.2) is 0 Å². The standard InChI is InChI=1S/C16H24BrNO2S/c1-11(2)18-9-12-8-13(17)6-7-14(12)21-10-15(19)20-16(3,4)5/h6-8,11,18H,9-10H2,1-5H3. The highest BCUT2D eigenvalue weighted by molar-refractivity contribution is 9.10. The van der Waals surface area contributed by atoms with Gasteiger partial charge < -0.3 is 10.1 Å². The summed E-state index contributed by atoms with van der Waals surface area (Å²) in [6.45, 7) is 10.7. The number of benzene rings is 1. The fraction of sp³-hybridized carbons (Fsp3) is 0.562. The molecule has 1 aromatic carbocycles. The lowest BCUT2D eigenvalue weighted by Crippen LogP contribution is -2.25. The Kier molecular flexibility index (Phi) is 7.24. The molecule has 1 aromatic rings. The number of carbonyl (C=O) groups excluding carboxylic acids is 1. The lowest BCUT2D eigenvalue weighted by molar-refractivity contribution is -0.151. The molecule has 0 spiro atoms. The van der Waals surface area contributed by atoms with E-state index in [1.54, 1.807) is 0 Å². The van der Waals surface area contributed by atoms with Gasteiger partial charge in [0.05, 0.1) is 5.75 Å². The Labute approximate surface area is 140 Å². The molecule has 3 nitrogen and oxygen atoms in total. The fourth-order valence-electron chi connectivity index (χ4n) is 1.65. The maximum absolute atomic E-state index is 11.8. The second-order valence-corrected chi connectivity index (χ2v) is 8.10. The minimum Gasteiger partial charge on any atom is -0.459 e. The van der Waals surface area contributed by atoms with E-state index in [9.17, 15) is 4.79 Å². The van der Waals surface area contributed by atoms with E-state index in [0.29, 0.717) is 11.8 Å². The highest BCUT2D eigenvalue weighted by Gasteiger charge is 2.17. The van der Waals surface area contributed by atoms with Crippen LogP contribution in [-0.4, -0.2) is 23.4 Å². The number of ether oxygens (including phenoxy) is 1. The predicted octanol–water partition coefficient (Wildman–Crippen LogP) is 4.38. The number of hydrogen-bond donors (Lipinski definition) is 1. The quantitative estimate of drug-likeness (QED) is 0.592. The van der Waals surface area contributed by atoms with Crippen molar-refractivity contribution < 1.29 is 9.53 Å². The minimum absolute atomic E-state index is 0.182. The van der Waals surface area contributed by atoms with Crippen molar-refractivity contribution in [3.8, 4) is 0 Å². The van der Waals surface area contributed by atoms with Crippen molar-refractivity contribution in [1.29, 1.82) is 0 Å². The van der Waals surface area contributed by atoms with Crippen LogP contribution in [0.5, 0.6) is 0 Å². The van der Waals surface area contributed by atoms with Crippen LogP contribution >= 0.6 is 27.7 Å². The van der Waals surface area contributed by atoms with Gasteiger partial charge in [-0.05, 0) is 44.5 Å². The molecular weight excluding hydrogens is 350 g/mol. The Hall–Kier alpha value is -0.520. The summed E-state index contributed by atoms with van der Waals surface area (Å²) < 4.78 is 6.38. The zero-order valence-corrected chi connectivity index (χ0v) is 15.7. The van der Waals surface area contributed by atoms with Crippen LogP contribution in [0, 0.1) is 0 Å². The number of nitrogens with one attached hydrogen (secondary N) is 1. The molecule has 0 atom stereocenters. The SMILES string of the molecule is CC(C)NCc1cc(Br)ccc1SCC(=O)OC(C)(C)C. The average Bonchev–Trinajstić information content (AvgIpc) is 2.33. The van der Waals surface area contributed by atoms with Crippen LogP contribution < -0.4 is 5.32 Å². The molecule has 0 saturated carbocycles. The van der Waals surface area contributed by atoms with Gasteiger partial charge in [0.2, 0.25) is 0 Å². The van der Waals surface area contributed by atoms with Crippen LogP contribution in [0.25, 0.3) is 0 Å². The van der Waals surface area contributed by atoms with E-state index in [4.69, 9.17) is 4.74 Å². The van der Waals surface area contributed by atoms with E-state index < -0.39 is 5.60 Å². The molecule has 0 radical (unpaired) electrons. The van der Waals surface area contributed by atoms with Crippen LogP contribution in [0.2, 0.25) is 0 Å². The second-order valence-electron chi connectivity index (χ2n) is 6.16. The van der Waals surface area contributed by atoms with Crippen LogP contribution in [0.15, 0.2) is 27.6 Å². The lowest BCUT2D eigenvalue weighted by Gasteiger charge is -2.19. The van der Waals surface area contributed by atoms with Gasteiger partial charge in [0.1, 0.15) is 5.60 Å². The topological polar surface area (TPSA) is 38.3 Å². The molecule has 1 N–H and O–H groups in total. The number of hydrogen-bond acceptors (Lipinski definition) is 4. The second kappa shape index (κ2) is 8.20. The van der Waals surface area contributed by atoms with E-state index in [0.717, 1.165) is 15.9 Å². The number of carbonyl (C=O) groups is 1. The molecule has 0 aliphatic carbocycles. The molecular formula is C16H24BrNO2S. The first-order valence-corrected chi connectivity index (χ1v) is 8.81. The summed E-state index contributed by atoms with van der Waals surface area (Å²) in [5.74, 6) is 0.145. The lowest BCUT2D eigenvalue weighted by atomic mass is 10.2. The Morgan fingerprint density at radius 1 is 1.38 bits per heavy atom. The zero-order chi connectivity index (χ0) is 16.0. The van der Waals surface area contributed by atoms with Crippen LogP contribution in [0.4, 0.5) is 0 Å². The van der Waals surface area contributed by atoms with Crippen molar-refractivity contribution in [2.75, 3.05) is 5.75 Å². The van der Waals surface area contributed by atoms with Crippen LogP contribution in [0.1, 0.15) is 40.2 Å². The maximum atomic E-state index is 11.8. The molecule has 0 bridgehead atoms. The smallest absolute Gasteiger partial charge is 0.316 e. The molecule has 0 unspecified atom stereocenters. The van der Waals surface area contributed by atoms with Gasteiger partial charge in [-0.1, -0.05) is 29.8 Å². The van der Waals surface area contributed by atoms with E-state index in [1.807, 2.05) is 32.9 Å². The van der Waals surface area contributed by atoms with E-state index in [-0.39, 0.29) is 5.97 Å². The molecule has 118 valence electrons. The summed E-state index contributed by atoms with van der Waals surface area (Å²) in [5.41, 5.74) is 0.756. The fourth-order valence-corrected chi connectivity index (χ4v) is 2.87. The van der Waals surface area contributed by atoms with Gasteiger partial charge in [0.15, 0.2) is 0 Å². The van der Waals surface area contributed by atoms with Crippen molar-refractivity contribution >= 4 is 33.7 Å². The highest BCUT2D eigenvalue weighted by Crippen LogP contribution is 2.26. The third-order valence-electron chi connectivity index (χ3n) is 2.49. The Morgan fingerprint density at radius 2 is 2.05 bits per heavy atom. The molecule has 0 aromatic heterocycles. The first-order chi connectivity index (χ1) is 9.67. The van der Waals surface area contributed by atoms with Crippen LogP contribution in [-0.2, 0) is 16.1 Å². The summed E-state index contributed by atoms with van der Waals surface area (Å²) in [6, 6.07) is 6.55. The molecule has 5 heteroatoms. The summed E-state index contributed by atoms with van der Waals surface area (Å²) >= 11 is 5.02. The van der Waals surface area contributed by atoms with Crippen molar-refractivity contribution in [1.82, 2.24) is 5.32 Å². The predicted molar refractivity (Wildman–Crippen MR) is 92.7 cm³/mol. The molecule has 0 saturated heterocycles. The zero-order valence-electron chi connectivity index (χ0n) is 13.3. The largest absolute Gasteiger partial charge is 0.459 e. The number of thioether (sulfide) groups is 1. The van der Waals surface area contributed by atoms with Crippen molar-refractivity contribution in [2.24, 2.45) is 0 Å². The van der Waals surface area contributed by atoms with Gasteiger partial charge in [0.25, 0.3) is 0 Å². The summed E-state index contributed by atoms with van der Waals surface area (Å²) in [5, 5.41) is 3.40. The van der Waals surface area contributed by atoms with Crippen LogP contribution in [0.3, 0.4) is 0 Å². The van der Waals surface area contributed by atoms with Gasteiger partial charge in [-0.15, -0.1) is 11.8 Å². The molecule has 0 aliphatic heterocycles. The van der Waals surface area contributed by atoms with Gasteiger partial charge in [-0.3, -0.25) is 4.79 Å². The first-order valence-electron chi connectivity index (χ1n) is 7.04. The number of esters is 1. The third-order valence-corrected chi connectivity index (χ3v) is 4.07. The average molecular weight is 374 g/mol. The van der Waals surface area contributed by atoms with E-state index in [1.165, 1.54) is 17.3 Å². The van der Waals surface area contributed by atoms with E-state index >= 15 is 0 Å². The molecule has 0 aliphatic rings. The van der Waals surface area contributed by atoms with Gasteiger partial charge in [-0.2, -0.15) is 0 Å². The normalized spacial score (nSPS) is 11.8. The monoisotopic (exact) mass is 373 g/mol. The van der Waals surface area contributed by atoms with Crippen molar-refractivity contribution in [3.05, 3.63) is 28.2 Å². The molecule has 21 heavy (non-hydrogen) atoms. The molecule has 0 amide bonds. The summed E-state index contributed by atoms with van der Waals surface area (Å²) in [4.78, 5) is 12.9. The Bertz CT molecular complexity index is 484. The minimum atomic E-state index is -0.431. The first kappa shape index (κ1) is 18.5. The van der Waals surface area contributed by atoms with Crippen molar-refractivity contribution in [3.63, 3.8) is 0 Å². The summed E-state index contributed by atoms with van der Waals surface area (Å²) in [6.07, 6.45) is 0. The number of halogens is 1. The maximum Gasteiger partial charge on any atom is 0.316 e. The number of rotatable bonds is 6.